The normalized spacial score (nSPS) is 10.6. The summed E-state index contributed by atoms with van der Waals surface area (Å²) in [6, 6.07) is 12.1. The van der Waals surface area contributed by atoms with Gasteiger partial charge in [0.1, 0.15) is 5.82 Å². The zero-order chi connectivity index (χ0) is 14.8. The summed E-state index contributed by atoms with van der Waals surface area (Å²) < 4.78 is 18.2. The van der Waals surface area contributed by atoms with Crippen molar-refractivity contribution in [3.63, 3.8) is 0 Å². The highest BCUT2D eigenvalue weighted by Crippen LogP contribution is 2.28. The first-order valence-electron chi connectivity index (χ1n) is 6.22. The van der Waals surface area contributed by atoms with Crippen LogP contribution in [0.2, 0.25) is 5.02 Å². The molecule has 21 heavy (non-hydrogen) atoms. The molecule has 0 aliphatic rings. The highest BCUT2D eigenvalue weighted by molar-refractivity contribution is 6.35. The molecular weight excluding hydrogens is 293 g/mol. The van der Waals surface area contributed by atoms with Crippen molar-refractivity contribution in [3.8, 4) is 5.75 Å². The number of fused-ring (bicyclic) bond motifs is 1. The lowest BCUT2D eigenvalue weighted by atomic mass is 10.2. The summed E-state index contributed by atoms with van der Waals surface area (Å²) >= 11 is 6.10. The second-order valence-corrected chi connectivity index (χ2v) is 4.81. The number of benzene rings is 2. The van der Waals surface area contributed by atoms with Crippen molar-refractivity contribution in [2.24, 2.45) is 0 Å². The van der Waals surface area contributed by atoms with Crippen LogP contribution < -0.4 is 9.72 Å². The molecule has 3 rings (SSSR count). The number of H-pyrrole nitrogens is 1. The van der Waals surface area contributed by atoms with Gasteiger partial charge in [-0.3, -0.25) is 0 Å². The third kappa shape index (κ3) is 2.71. The molecule has 0 radical (unpaired) electrons. The van der Waals surface area contributed by atoms with Gasteiger partial charge in [0.05, 0.1) is 16.0 Å². The maximum atomic E-state index is 12.9. The Morgan fingerprint density at radius 3 is 2.62 bits per heavy atom. The van der Waals surface area contributed by atoms with Crippen molar-refractivity contribution in [3.05, 3.63) is 71.1 Å². The van der Waals surface area contributed by atoms with Crippen LogP contribution in [-0.4, -0.2) is 5.97 Å². The Balaban J connectivity index is 1.97. The van der Waals surface area contributed by atoms with E-state index in [0.29, 0.717) is 16.3 Å². The van der Waals surface area contributed by atoms with Crippen LogP contribution in [0.5, 0.6) is 5.75 Å². The number of halogens is 2. The second kappa shape index (κ2) is 5.50. The summed E-state index contributed by atoms with van der Waals surface area (Å²) in [6.07, 6.45) is 1.72. The molecule has 0 aliphatic carbocycles. The molecule has 0 saturated carbocycles. The predicted molar refractivity (Wildman–Crippen MR) is 76.9 cm³/mol. The molecule has 0 spiro atoms. The van der Waals surface area contributed by atoms with E-state index in [-0.39, 0.29) is 5.56 Å². The molecule has 0 saturated heterocycles. The molecule has 1 aromatic heterocycles. The summed E-state index contributed by atoms with van der Waals surface area (Å²) in [4.78, 5) is 15.1. The zero-order valence-corrected chi connectivity index (χ0v) is 11.5. The van der Waals surface area contributed by atoms with Crippen molar-refractivity contribution in [1.82, 2.24) is 0 Å². The molecule has 0 aliphatic heterocycles. The van der Waals surface area contributed by atoms with Gasteiger partial charge in [0, 0.05) is 6.07 Å². The van der Waals surface area contributed by atoms with Crippen LogP contribution in [0.4, 0.5) is 4.39 Å². The molecule has 1 N–H and O–H groups in total. The van der Waals surface area contributed by atoms with E-state index in [1.807, 2.05) is 6.07 Å². The van der Waals surface area contributed by atoms with E-state index in [0.717, 1.165) is 5.39 Å². The van der Waals surface area contributed by atoms with Gasteiger partial charge < -0.3 is 4.74 Å². The average molecular weight is 303 g/mol. The Morgan fingerprint density at radius 2 is 1.86 bits per heavy atom. The van der Waals surface area contributed by atoms with Gasteiger partial charge >= 0.3 is 5.97 Å². The fourth-order valence-electron chi connectivity index (χ4n) is 1.99. The number of aromatic nitrogens is 1. The van der Waals surface area contributed by atoms with Crippen molar-refractivity contribution >= 4 is 28.5 Å². The minimum Gasteiger partial charge on any atom is -0.416 e. The van der Waals surface area contributed by atoms with E-state index in [1.54, 1.807) is 24.4 Å². The molecule has 0 fully saturated rings. The predicted octanol–water partition coefficient (Wildman–Crippen LogP) is 3.67. The molecule has 2 aromatic carbocycles. The number of aromatic amines is 1. The Bertz CT molecular complexity index is 818. The SMILES string of the molecule is O=C(Oc1ccc(Cl)c2ccc[nH+]c12)c1ccc(F)cc1. The number of nitrogens with one attached hydrogen (secondary N) is 1. The minimum absolute atomic E-state index is 0.274. The first-order chi connectivity index (χ1) is 10.1. The Morgan fingerprint density at radius 1 is 1.10 bits per heavy atom. The van der Waals surface area contributed by atoms with Crippen molar-refractivity contribution in [2.45, 2.75) is 0 Å². The van der Waals surface area contributed by atoms with Crippen LogP contribution in [-0.2, 0) is 0 Å². The van der Waals surface area contributed by atoms with E-state index < -0.39 is 11.8 Å². The number of carbonyl (C=O) groups excluding carboxylic acids is 1. The molecule has 104 valence electrons. The quantitative estimate of drug-likeness (QED) is 0.535. The summed E-state index contributed by atoms with van der Waals surface area (Å²) in [5, 5.41) is 1.31. The summed E-state index contributed by atoms with van der Waals surface area (Å²) in [6.45, 7) is 0. The Labute approximate surface area is 124 Å². The van der Waals surface area contributed by atoms with Gasteiger partial charge in [-0.25, -0.2) is 14.2 Å². The number of carbonyl (C=O) groups is 1. The number of pyridine rings is 1. The first kappa shape index (κ1) is 13.5. The van der Waals surface area contributed by atoms with E-state index in [9.17, 15) is 9.18 Å². The fraction of sp³-hybridized carbons (Fsp3) is 0. The van der Waals surface area contributed by atoms with Crippen LogP contribution in [0.1, 0.15) is 10.4 Å². The average Bonchev–Trinajstić information content (AvgIpc) is 2.51. The topological polar surface area (TPSA) is 40.4 Å². The van der Waals surface area contributed by atoms with Crippen LogP contribution in [0.25, 0.3) is 10.9 Å². The number of esters is 1. The van der Waals surface area contributed by atoms with Gasteiger partial charge in [-0.1, -0.05) is 11.6 Å². The lowest BCUT2D eigenvalue weighted by Gasteiger charge is -2.05. The van der Waals surface area contributed by atoms with Crippen LogP contribution in [0.3, 0.4) is 0 Å². The lowest BCUT2D eigenvalue weighted by Crippen LogP contribution is -2.11. The lowest BCUT2D eigenvalue weighted by molar-refractivity contribution is -0.345. The van der Waals surface area contributed by atoms with E-state index in [4.69, 9.17) is 16.3 Å². The highest BCUT2D eigenvalue weighted by Gasteiger charge is 2.16. The number of hydrogen-bond donors (Lipinski definition) is 0. The van der Waals surface area contributed by atoms with Gasteiger partial charge in [0.25, 0.3) is 5.52 Å². The summed E-state index contributed by atoms with van der Waals surface area (Å²) in [5.41, 5.74) is 0.899. The third-order valence-electron chi connectivity index (χ3n) is 3.02. The maximum Gasteiger partial charge on any atom is 0.343 e. The van der Waals surface area contributed by atoms with Gasteiger partial charge in [0.15, 0.2) is 6.20 Å². The minimum atomic E-state index is -0.559. The molecule has 3 aromatic rings. The van der Waals surface area contributed by atoms with Gasteiger partial charge in [-0.05, 0) is 42.5 Å². The molecule has 0 atom stereocenters. The summed E-state index contributed by atoms with van der Waals surface area (Å²) in [5.74, 6) is -0.600. The van der Waals surface area contributed by atoms with Crippen molar-refractivity contribution < 1.29 is 18.9 Å². The highest BCUT2D eigenvalue weighted by atomic mass is 35.5. The second-order valence-electron chi connectivity index (χ2n) is 4.40. The van der Waals surface area contributed by atoms with Crippen molar-refractivity contribution in [1.29, 1.82) is 0 Å². The maximum absolute atomic E-state index is 12.9. The standard InChI is InChI=1S/C16H9ClFNO2/c17-13-7-8-14(15-12(13)2-1-9-19-15)21-16(20)10-3-5-11(18)6-4-10/h1-9H/p+1. The molecule has 5 heteroatoms. The summed E-state index contributed by atoms with van der Waals surface area (Å²) in [7, 11) is 0. The van der Waals surface area contributed by atoms with Gasteiger partial charge in [-0.2, -0.15) is 0 Å². The van der Waals surface area contributed by atoms with E-state index in [1.165, 1.54) is 24.3 Å². The number of hydrogen-bond acceptors (Lipinski definition) is 2. The number of ether oxygens (including phenoxy) is 1. The third-order valence-corrected chi connectivity index (χ3v) is 3.35. The molecule has 3 nitrogen and oxygen atoms in total. The van der Waals surface area contributed by atoms with Crippen LogP contribution >= 0.6 is 11.6 Å². The molecule has 0 amide bonds. The molecular formula is C16H10ClFNO2+. The molecule has 0 unspecified atom stereocenters. The number of rotatable bonds is 2. The largest absolute Gasteiger partial charge is 0.416 e. The smallest absolute Gasteiger partial charge is 0.343 e. The van der Waals surface area contributed by atoms with E-state index >= 15 is 0 Å². The zero-order valence-electron chi connectivity index (χ0n) is 10.8. The van der Waals surface area contributed by atoms with Gasteiger partial charge in [-0.15, -0.1) is 0 Å². The fourth-order valence-corrected chi connectivity index (χ4v) is 2.21. The Hall–Kier alpha value is -2.46. The monoisotopic (exact) mass is 302 g/mol. The van der Waals surface area contributed by atoms with Crippen molar-refractivity contribution in [2.75, 3.05) is 0 Å². The first-order valence-corrected chi connectivity index (χ1v) is 6.59. The van der Waals surface area contributed by atoms with Crippen LogP contribution in [0.15, 0.2) is 54.7 Å². The van der Waals surface area contributed by atoms with Crippen LogP contribution in [0, 0.1) is 5.82 Å². The molecule has 1 heterocycles. The Kier molecular flexibility index (Phi) is 3.54. The van der Waals surface area contributed by atoms with Gasteiger partial charge in [0.2, 0.25) is 5.75 Å². The molecule has 0 bridgehead atoms. The van der Waals surface area contributed by atoms with E-state index in [2.05, 4.69) is 4.98 Å².